The van der Waals surface area contributed by atoms with Crippen LogP contribution in [-0.2, 0) is 4.79 Å². The van der Waals surface area contributed by atoms with E-state index in [0.717, 1.165) is 19.3 Å². The molecule has 3 N–H and O–H groups in total. The Kier molecular flexibility index (Phi) is 4.53. The number of rotatable bonds is 4. The van der Waals surface area contributed by atoms with Crippen molar-refractivity contribution in [2.24, 2.45) is 11.7 Å². The number of carbonyl (C=O) groups is 2. The largest absolute Gasteiger partial charge is 0.328 e. The van der Waals surface area contributed by atoms with Gasteiger partial charge in [-0.2, -0.15) is 0 Å². The molecule has 1 aliphatic rings. The highest BCUT2D eigenvalue weighted by Crippen LogP contribution is 2.25. The van der Waals surface area contributed by atoms with Crippen LogP contribution in [0.3, 0.4) is 0 Å². The summed E-state index contributed by atoms with van der Waals surface area (Å²) < 4.78 is 0. The molecule has 0 bridgehead atoms. The highest BCUT2D eigenvalue weighted by molar-refractivity contribution is 6.09. The van der Waals surface area contributed by atoms with Crippen LogP contribution < -0.4 is 11.1 Å². The highest BCUT2D eigenvalue weighted by atomic mass is 16.2. The van der Waals surface area contributed by atoms with Crippen LogP contribution in [0.5, 0.6) is 0 Å². The van der Waals surface area contributed by atoms with Crippen LogP contribution in [0.25, 0.3) is 0 Å². The van der Waals surface area contributed by atoms with E-state index in [2.05, 4.69) is 5.32 Å². The average molecular weight is 308 g/mol. The summed E-state index contributed by atoms with van der Waals surface area (Å²) in [6.45, 7) is 0. The Hall–Kier alpha value is -2.46. The SMILES string of the molecule is NC1CCC(C(=O)Nc2cccc(C(=O)c3ccccc3)c2)C1. The summed E-state index contributed by atoms with van der Waals surface area (Å²) in [5, 5.41) is 2.90. The smallest absolute Gasteiger partial charge is 0.227 e. The molecule has 4 heteroatoms. The maximum absolute atomic E-state index is 12.5. The Morgan fingerprint density at radius 2 is 1.70 bits per heavy atom. The summed E-state index contributed by atoms with van der Waals surface area (Å²) in [6.07, 6.45) is 2.45. The summed E-state index contributed by atoms with van der Waals surface area (Å²) in [5.41, 5.74) is 7.71. The van der Waals surface area contributed by atoms with Crippen LogP contribution in [0.2, 0.25) is 0 Å². The molecule has 0 aliphatic heterocycles. The van der Waals surface area contributed by atoms with Crippen molar-refractivity contribution in [3.8, 4) is 0 Å². The fourth-order valence-corrected chi connectivity index (χ4v) is 2.99. The Labute approximate surface area is 135 Å². The number of ketones is 1. The van der Waals surface area contributed by atoms with E-state index in [0.29, 0.717) is 16.8 Å². The Morgan fingerprint density at radius 1 is 0.957 bits per heavy atom. The molecule has 2 unspecified atom stereocenters. The van der Waals surface area contributed by atoms with Crippen molar-refractivity contribution in [2.75, 3.05) is 5.32 Å². The second-order valence-electron chi connectivity index (χ2n) is 6.04. The van der Waals surface area contributed by atoms with Crippen LogP contribution in [0.4, 0.5) is 5.69 Å². The Bertz CT molecular complexity index is 712. The van der Waals surface area contributed by atoms with E-state index >= 15 is 0 Å². The van der Waals surface area contributed by atoms with E-state index in [9.17, 15) is 9.59 Å². The van der Waals surface area contributed by atoms with Crippen LogP contribution in [0, 0.1) is 5.92 Å². The first-order valence-corrected chi connectivity index (χ1v) is 7.90. The van der Waals surface area contributed by atoms with Gasteiger partial charge in [-0.25, -0.2) is 0 Å². The summed E-state index contributed by atoms with van der Waals surface area (Å²) >= 11 is 0. The zero-order chi connectivity index (χ0) is 16.2. The molecule has 0 spiro atoms. The molecule has 118 valence electrons. The topological polar surface area (TPSA) is 72.2 Å². The van der Waals surface area contributed by atoms with E-state index in [1.54, 1.807) is 36.4 Å². The summed E-state index contributed by atoms with van der Waals surface area (Å²) in [7, 11) is 0. The first-order chi connectivity index (χ1) is 11.1. The fraction of sp³-hybridized carbons (Fsp3) is 0.263. The van der Waals surface area contributed by atoms with Gasteiger partial charge in [0.1, 0.15) is 0 Å². The van der Waals surface area contributed by atoms with Crippen molar-refractivity contribution in [3.05, 3.63) is 65.7 Å². The van der Waals surface area contributed by atoms with Crippen molar-refractivity contribution in [3.63, 3.8) is 0 Å². The predicted molar refractivity (Wildman–Crippen MR) is 90.3 cm³/mol. The maximum Gasteiger partial charge on any atom is 0.227 e. The Morgan fingerprint density at radius 3 is 2.39 bits per heavy atom. The standard InChI is InChI=1S/C19H20N2O2/c20-16-10-9-15(11-16)19(23)21-17-8-4-7-14(12-17)18(22)13-5-2-1-3-6-13/h1-8,12,15-16H,9-11,20H2,(H,21,23). The molecule has 0 saturated heterocycles. The van der Waals surface area contributed by atoms with E-state index in [-0.39, 0.29) is 23.7 Å². The number of amides is 1. The van der Waals surface area contributed by atoms with Crippen molar-refractivity contribution >= 4 is 17.4 Å². The van der Waals surface area contributed by atoms with Gasteiger partial charge < -0.3 is 11.1 Å². The molecule has 4 nitrogen and oxygen atoms in total. The molecule has 0 radical (unpaired) electrons. The van der Waals surface area contributed by atoms with Gasteiger partial charge in [0.05, 0.1) is 0 Å². The average Bonchev–Trinajstić information content (AvgIpc) is 3.02. The third-order valence-electron chi connectivity index (χ3n) is 4.27. The molecule has 1 amide bonds. The molecular weight excluding hydrogens is 288 g/mol. The third kappa shape index (κ3) is 3.66. The number of nitrogens with two attached hydrogens (primary N) is 1. The van der Waals surface area contributed by atoms with Gasteiger partial charge in [-0.3, -0.25) is 9.59 Å². The van der Waals surface area contributed by atoms with Crippen LogP contribution >= 0.6 is 0 Å². The lowest BCUT2D eigenvalue weighted by molar-refractivity contribution is -0.119. The lowest BCUT2D eigenvalue weighted by atomic mass is 10.0. The molecule has 0 heterocycles. The van der Waals surface area contributed by atoms with Gasteiger partial charge in [0.25, 0.3) is 0 Å². The number of hydrogen-bond acceptors (Lipinski definition) is 3. The molecule has 1 aliphatic carbocycles. The van der Waals surface area contributed by atoms with Crippen molar-refractivity contribution in [1.29, 1.82) is 0 Å². The second-order valence-corrected chi connectivity index (χ2v) is 6.04. The maximum atomic E-state index is 12.5. The molecule has 1 fully saturated rings. The highest BCUT2D eigenvalue weighted by Gasteiger charge is 2.27. The predicted octanol–water partition coefficient (Wildman–Crippen LogP) is 2.98. The molecule has 23 heavy (non-hydrogen) atoms. The quantitative estimate of drug-likeness (QED) is 0.853. The number of benzene rings is 2. The normalized spacial score (nSPS) is 20.2. The molecule has 2 aromatic carbocycles. The van der Waals surface area contributed by atoms with Crippen molar-refractivity contribution < 1.29 is 9.59 Å². The first-order valence-electron chi connectivity index (χ1n) is 7.90. The fourth-order valence-electron chi connectivity index (χ4n) is 2.99. The summed E-state index contributed by atoms with van der Waals surface area (Å²) in [6, 6.07) is 16.3. The molecule has 1 saturated carbocycles. The van der Waals surface area contributed by atoms with E-state index < -0.39 is 0 Å². The monoisotopic (exact) mass is 308 g/mol. The van der Waals surface area contributed by atoms with Gasteiger partial charge in [-0.05, 0) is 31.4 Å². The first kappa shape index (κ1) is 15.4. The zero-order valence-electron chi connectivity index (χ0n) is 12.9. The number of hydrogen-bond donors (Lipinski definition) is 2. The van der Waals surface area contributed by atoms with Gasteiger partial charge >= 0.3 is 0 Å². The van der Waals surface area contributed by atoms with Crippen molar-refractivity contribution in [1.82, 2.24) is 0 Å². The molecule has 2 atom stereocenters. The van der Waals surface area contributed by atoms with Gasteiger partial charge in [0.2, 0.25) is 5.91 Å². The second kappa shape index (κ2) is 6.75. The molecule has 2 aromatic rings. The van der Waals surface area contributed by atoms with Gasteiger partial charge in [0.15, 0.2) is 5.78 Å². The number of nitrogens with one attached hydrogen (secondary N) is 1. The van der Waals surface area contributed by atoms with E-state index in [4.69, 9.17) is 5.73 Å². The van der Waals surface area contributed by atoms with Crippen LogP contribution in [-0.4, -0.2) is 17.7 Å². The lowest BCUT2D eigenvalue weighted by Crippen LogP contribution is -2.23. The third-order valence-corrected chi connectivity index (χ3v) is 4.27. The summed E-state index contributed by atoms with van der Waals surface area (Å²) in [4.78, 5) is 24.7. The minimum Gasteiger partial charge on any atom is -0.328 e. The van der Waals surface area contributed by atoms with E-state index in [1.807, 2.05) is 18.2 Å². The Balaban J connectivity index is 1.73. The van der Waals surface area contributed by atoms with E-state index in [1.165, 1.54) is 0 Å². The number of carbonyl (C=O) groups excluding carboxylic acids is 2. The molecule has 0 aromatic heterocycles. The van der Waals surface area contributed by atoms with Crippen LogP contribution in [0.15, 0.2) is 54.6 Å². The zero-order valence-corrected chi connectivity index (χ0v) is 12.9. The van der Waals surface area contributed by atoms with Gasteiger partial charge in [0, 0.05) is 28.8 Å². The lowest BCUT2D eigenvalue weighted by Gasteiger charge is -2.11. The summed E-state index contributed by atoms with van der Waals surface area (Å²) in [5.74, 6) is -0.0923. The number of anilines is 1. The minimum absolute atomic E-state index is 0.0118. The molecular formula is C19H20N2O2. The van der Waals surface area contributed by atoms with Crippen LogP contribution in [0.1, 0.15) is 35.2 Å². The van der Waals surface area contributed by atoms with Crippen molar-refractivity contribution in [2.45, 2.75) is 25.3 Å². The van der Waals surface area contributed by atoms with Gasteiger partial charge in [-0.1, -0.05) is 42.5 Å². The van der Waals surface area contributed by atoms with Gasteiger partial charge in [-0.15, -0.1) is 0 Å². The molecule has 3 rings (SSSR count). The minimum atomic E-state index is -0.0513.